The second-order valence-corrected chi connectivity index (χ2v) is 4.30. The fourth-order valence-corrected chi connectivity index (χ4v) is 1.96. The first-order valence-electron chi connectivity index (χ1n) is 5.34. The van der Waals surface area contributed by atoms with Crippen LogP contribution in [0.25, 0.3) is 0 Å². The molecule has 0 aliphatic heterocycles. The number of hydrogen-bond acceptors (Lipinski definition) is 4. The van der Waals surface area contributed by atoms with Gasteiger partial charge in [-0.3, -0.25) is 4.79 Å². The smallest absolute Gasteiger partial charge is 0.251 e. The molecule has 1 aromatic heterocycles. The van der Waals surface area contributed by atoms with E-state index in [1.807, 2.05) is 30.5 Å². The van der Waals surface area contributed by atoms with Crippen molar-refractivity contribution in [2.24, 2.45) is 0 Å². The summed E-state index contributed by atoms with van der Waals surface area (Å²) in [6.07, 6.45) is 1.74. The summed E-state index contributed by atoms with van der Waals surface area (Å²) in [7, 11) is 0. The lowest BCUT2D eigenvalue weighted by atomic mass is 10.2. The zero-order valence-corrected chi connectivity index (χ0v) is 10.3. The lowest BCUT2D eigenvalue weighted by Crippen LogP contribution is -2.22. The molecule has 0 aliphatic rings. The molecule has 88 valence electrons. The van der Waals surface area contributed by atoms with Crippen molar-refractivity contribution < 1.29 is 4.79 Å². The first kappa shape index (κ1) is 11.6. The van der Waals surface area contributed by atoms with Gasteiger partial charge in [-0.15, -0.1) is 11.3 Å². The number of carbonyl (C=O) groups excluding carboxylic acids is 1. The Morgan fingerprint density at radius 3 is 3.06 bits per heavy atom. The van der Waals surface area contributed by atoms with Gasteiger partial charge < -0.3 is 10.6 Å². The van der Waals surface area contributed by atoms with Gasteiger partial charge in [0.1, 0.15) is 0 Å². The van der Waals surface area contributed by atoms with Crippen LogP contribution in [0.15, 0.2) is 35.8 Å². The highest BCUT2D eigenvalue weighted by Crippen LogP contribution is 2.19. The zero-order chi connectivity index (χ0) is 12.1. The van der Waals surface area contributed by atoms with Crippen LogP contribution in [-0.4, -0.2) is 17.4 Å². The van der Waals surface area contributed by atoms with E-state index in [4.69, 9.17) is 0 Å². The summed E-state index contributed by atoms with van der Waals surface area (Å²) >= 11 is 1.52. The molecule has 0 bridgehead atoms. The molecule has 0 saturated carbocycles. The van der Waals surface area contributed by atoms with Crippen LogP contribution in [-0.2, 0) is 0 Å². The van der Waals surface area contributed by atoms with Crippen LogP contribution in [0.3, 0.4) is 0 Å². The molecule has 0 unspecified atom stereocenters. The molecule has 2 N–H and O–H groups in total. The summed E-state index contributed by atoms with van der Waals surface area (Å²) in [5, 5.41) is 8.63. The molecular formula is C12H13N3OS. The van der Waals surface area contributed by atoms with Gasteiger partial charge in [0.2, 0.25) is 0 Å². The van der Waals surface area contributed by atoms with Crippen molar-refractivity contribution in [3.63, 3.8) is 0 Å². The molecule has 0 aliphatic carbocycles. The fourth-order valence-electron chi connectivity index (χ4n) is 1.41. The lowest BCUT2D eigenvalue weighted by molar-refractivity contribution is 0.0956. The quantitative estimate of drug-likeness (QED) is 0.873. The van der Waals surface area contributed by atoms with Crippen molar-refractivity contribution in [2.45, 2.75) is 6.92 Å². The molecule has 4 nitrogen and oxygen atoms in total. The van der Waals surface area contributed by atoms with Crippen LogP contribution in [0, 0.1) is 0 Å². The molecular weight excluding hydrogens is 234 g/mol. The van der Waals surface area contributed by atoms with Crippen LogP contribution >= 0.6 is 11.3 Å². The molecule has 2 aromatic rings. The molecule has 5 heteroatoms. The predicted molar refractivity (Wildman–Crippen MR) is 69.8 cm³/mol. The second-order valence-electron chi connectivity index (χ2n) is 3.40. The van der Waals surface area contributed by atoms with Crippen molar-refractivity contribution in [1.82, 2.24) is 10.3 Å². The number of hydrogen-bond donors (Lipinski definition) is 2. The zero-order valence-electron chi connectivity index (χ0n) is 9.43. The molecule has 1 amide bonds. The van der Waals surface area contributed by atoms with E-state index in [1.54, 1.807) is 12.3 Å². The first-order chi connectivity index (χ1) is 8.29. The highest BCUT2D eigenvalue weighted by Gasteiger charge is 2.05. The Bertz CT molecular complexity index is 496. The maximum Gasteiger partial charge on any atom is 0.251 e. The van der Waals surface area contributed by atoms with E-state index in [2.05, 4.69) is 15.6 Å². The Morgan fingerprint density at radius 2 is 2.35 bits per heavy atom. The van der Waals surface area contributed by atoms with E-state index in [1.165, 1.54) is 11.3 Å². The Balaban J connectivity index is 2.14. The normalized spacial score (nSPS) is 9.94. The van der Waals surface area contributed by atoms with E-state index in [0.29, 0.717) is 12.1 Å². The first-order valence-corrected chi connectivity index (χ1v) is 6.22. The Morgan fingerprint density at radius 1 is 1.47 bits per heavy atom. The van der Waals surface area contributed by atoms with Gasteiger partial charge in [0.25, 0.3) is 5.91 Å². The number of benzene rings is 1. The Kier molecular flexibility index (Phi) is 3.72. The minimum Gasteiger partial charge on any atom is -0.352 e. The van der Waals surface area contributed by atoms with Crippen LogP contribution in [0.1, 0.15) is 17.3 Å². The minimum atomic E-state index is -0.0599. The highest BCUT2D eigenvalue weighted by atomic mass is 32.1. The van der Waals surface area contributed by atoms with Crippen LogP contribution in [0.5, 0.6) is 0 Å². The van der Waals surface area contributed by atoms with E-state index in [0.717, 1.165) is 10.8 Å². The minimum absolute atomic E-state index is 0.0599. The summed E-state index contributed by atoms with van der Waals surface area (Å²) in [6.45, 7) is 2.53. The maximum atomic E-state index is 11.6. The van der Waals surface area contributed by atoms with Gasteiger partial charge in [0.15, 0.2) is 5.13 Å². The van der Waals surface area contributed by atoms with Crippen molar-refractivity contribution in [1.29, 1.82) is 0 Å². The van der Waals surface area contributed by atoms with Gasteiger partial charge in [-0.1, -0.05) is 6.07 Å². The lowest BCUT2D eigenvalue weighted by Gasteiger charge is -2.05. The Hall–Kier alpha value is -1.88. The SMILES string of the molecule is CCNC(=O)c1cccc(Nc2nccs2)c1. The van der Waals surface area contributed by atoms with Gasteiger partial charge in [0, 0.05) is 29.4 Å². The van der Waals surface area contributed by atoms with E-state index in [-0.39, 0.29) is 5.91 Å². The van der Waals surface area contributed by atoms with E-state index in [9.17, 15) is 4.79 Å². The predicted octanol–water partition coefficient (Wildman–Crippen LogP) is 2.64. The molecule has 1 aromatic carbocycles. The van der Waals surface area contributed by atoms with Gasteiger partial charge in [-0.25, -0.2) is 4.98 Å². The maximum absolute atomic E-state index is 11.6. The van der Waals surface area contributed by atoms with Crippen molar-refractivity contribution in [3.8, 4) is 0 Å². The summed E-state index contributed by atoms with van der Waals surface area (Å²) in [5.41, 5.74) is 1.51. The number of thiazole rings is 1. The number of rotatable bonds is 4. The fraction of sp³-hybridized carbons (Fsp3) is 0.167. The molecule has 1 heterocycles. The molecule has 0 atom stereocenters. The Labute approximate surface area is 104 Å². The third-order valence-corrected chi connectivity index (χ3v) is 2.83. The van der Waals surface area contributed by atoms with Crippen molar-refractivity contribution in [3.05, 3.63) is 41.4 Å². The largest absolute Gasteiger partial charge is 0.352 e. The number of amides is 1. The second kappa shape index (κ2) is 5.45. The third kappa shape index (κ3) is 3.04. The molecule has 0 fully saturated rings. The molecule has 2 rings (SSSR count). The number of nitrogens with one attached hydrogen (secondary N) is 2. The van der Waals surface area contributed by atoms with Gasteiger partial charge in [-0.2, -0.15) is 0 Å². The highest BCUT2D eigenvalue weighted by molar-refractivity contribution is 7.13. The standard InChI is InChI=1S/C12H13N3OS/c1-2-13-11(16)9-4-3-5-10(8-9)15-12-14-6-7-17-12/h3-8H,2H2,1H3,(H,13,16)(H,14,15). The van der Waals surface area contributed by atoms with Crippen molar-refractivity contribution >= 4 is 28.1 Å². The van der Waals surface area contributed by atoms with Crippen LogP contribution in [0.4, 0.5) is 10.8 Å². The summed E-state index contributed by atoms with van der Waals surface area (Å²) in [6, 6.07) is 7.36. The summed E-state index contributed by atoms with van der Waals surface area (Å²) < 4.78 is 0. The van der Waals surface area contributed by atoms with E-state index >= 15 is 0 Å². The topological polar surface area (TPSA) is 54.0 Å². The molecule has 17 heavy (non-hydrogen) atoms. The average molecular weight is 247 g/mol. The van der Waals surface area contributed by atoms with Crippen LogP contribution < -0.4 is 10.6 Å². The van der Waals surface area contributed by atoms with E-state index < -0.39 is 0 Å². The van der Waals surface area contributed by atoms with Crippen LogP contribution in [0.2, 0.25) is 0 Å². The summed E-state index contributed by atoms with van der Waals surface area (Å²) in [5.74, 6) is -0.0599. The molecule has 0 radical (unpaired) electrons. The van der Waals surface area contributed by atoms with Gasteiger partial charge >= 0.3 is 0 Å². The number of nitrogens with zero attached hydrogens (tertiary/aromatic N) is 1. The third-order valence-electron chi connectivity index (χ3n) is 2.15. The number of carbonyl (C=O) groups is 1. The average Bonchev–Trinajstić information content (AvgIpc) is 2.82. The monoisotopic (exact) mass is 247 g/mol. The molecule has 0 saturated heterocycles. The van der Waals surface area contributed by atoms with Crippen molar-refractivity contribution in [2.75, 3.05) is 11.9 Å². The summed E-state index contributed by atoms with van der Waals surface area (Å²) in [4.78, 5) is 15.8. The number of aromatic nitrogens is 1. The van der Waals surface area contributed by atoms with Gasteiger partial charge in [-0.05, 0) is 25.1 Å². The van der Waals surface area contributed by atoms with Gasteiger partial charge in [0.05, 0.1) is 0 Å². The molecule has 0 spiro atoms. The number of anilines is 2.